The Hall–Kier alpha value is -1.78. The van der Waals surface area contributed by atoms with Gasteiger partial charge in [0.1, 0.15) is 5.60 Å². The average Bonchev–Trinajstić information content (AvgIpc) is 2.98. The van der Waals surface area contributed by atoms with Crippen LogP contribution in [0.4, 0.5) is 4.79 Å². The fourth-order valence-corrected chi connectivity index (χ4v) is 4.97. The fraction of sp³-hybridized carbons (Fsp3) is 0.524. The fourth-order valence-electron chi connectivity index (χ4n) is 3.96. The van der Waals surface area contributed by atoms with Crippen LogP contribution in [0.2, 0.25) is 20.1 Å². The number of hydrogen-bond acceptors (Lipinski definition) is 7. The van der Waals surface area contributed by atoms with E-state index in [9.17, 15) is 19.2 Å². The first-order valence-electron chi connectivity index (χ1n) is 10.4. The number of imide groups is 1. The number of morpholine rings is 1. The van der Waals surface area contributed by atoms with Crippen molar-refractivity contribution in [1.29, 1.82) is 0 Å². The van der Waals surface area contributed by atoms with E-state index in [1.165, 1.54) is 4.90 Å². The lowest BCUT2D eigenvalue weighted by atomic mass is 9.78. The maximum atomic E-state index is 13.1. The lowest BCUT2D eigenvalue weighted by molar-refractivity contribution is -0.200. The molecule has 0 bridgehead atoms. The standard InChI is InChI=1S/C21H20Cl4N2O7/c1-20(2,3)33-19(31)26-8-21(5-4-6-21)32-7-9(26)18(30)34-27-16(28)10-11(17(27)29)13(23)15(25)14(24)12(10)22/h9H,4-8H2,1-3H3. The van der Waals surface area contributed by atoms with E-state index >= 15 is 0 Å². The molecule has 3 amide bonds. The molecule has 2 aliphatic heterocycles. The van der Waals surface area contributed by atoms with Gasteiger partial charge in [0.25, 0.3) is 11.8 Å². The predicted molar refractivity (Wildman–Crippen MR) is 122 cm³/mol. The molecule has 3 aliphatic rings. The zero-order valence-corrected chi connectivity index (χ0v) is 21.4. The summed E-state index contributed by atoms with van der Waals surface area (Å²) in [5.74, 6) is -3.16. The van der Waals surface area contributed by atoms with Gasteiger partial charge in [-0.05, 0) is 40.0 Å². The van der Waals surface area contributed by atoms with Crippen molar-refractivity contribution in [2.45, 2.75) is 57.3 Å². The first-order valence-corrected chi connectivity index (χ1v) is 11.9. The van der Waals surface area contributed by atoms with Gasteiger partial charge in [0.05, 0.1) is 50.0 Å². The highest BCUT2D eigenvalue weighted by Gasteiger charge is 2.51. The molecule has 1 aliphatic carbocycles. The molecule has 4 rings (SSSR count). The Balaban J connectivity index is 1.59. The number of fused-ring (bicyclic) bond motifs is 1. The smallest absolute Gasteiger partial charge is 0.411 e. The third-order valence-corrected chi connectivity index (χ3v) is 7.59. The molecule has 184 valence electrons. The number of hydroxylamine groups is 2. The first kappa shape index (κ1) is 25.3. The highest BCUT2D eigenvalue weighted by atomic mass is 35.5. The Morgan fingerprint density at radius 1 is 0.971 bits per heavy atom. The lowest BCUT2D eigenvalue weighted by Gasteiger charge is -2.50. The maximum absolute atomic E-state index is 13.1. The molecule has 0 radical (unpaired) electrons. The normalized spacial score (nSPS) is 21.4. The van der Waals surface area contributed by atoms with Crippen LogP contribution < -0.4 is 0 Å². The van der Waals surface area contributed by atoms with E-state index in [1.807, 2.05) is 0 Å². The molecular weight excluding hydrogens is 534 g/mol. The van der Waals surface area contributed by atoms with Gasteiger partial charge in [-0.2, -0.15) is 0 Å². The second-order valence-electron chi connectivity index (χ2n) is 9.29. The number of rotatable bonds is 2. The quantitative estimate of drug-likeness (QED) is 0.291. The second kappa shape index (κ2) is 8.71. The number of carbonyl (C=O) groups is 4. The van der Waals surface area contributed by atoms with Crippen molar-refractivity contribution in [2.75, 3.05) is 13.2 Å². The first-order chi connectivity index (χ1) is 15.8. The Morgan fingerprint density at radius 3 is 1.94 bits per heavy atom. The molecule has 9 nitrogen and oxygen atoms in total. The van der Waals surface area contributed by atoms with E-state index in [0.717, 1.165) is 19.3 Å². The largest absolute Gasteiger partial charge is 0.444 e. The number of ether oxygens (including phenoxy) is 2. The highest BCUT2D eigenvalue weighted by molar-refractivity contribution is 6.55. The third-order valence-electron chi connectivity index (χ3n) is 5.79. The van der Waals surface area contributed by atoms with Gasteiger partial charge in [-0.1, -0.05) is 51.5 Å². The van der Waals surface area contributed by atoms with Crippen molar-refractivity contribution in [3.8, 4) is 0 Å². The number of amides is 3. The summed E-state index contributed by atoms with van der Waals surface area (Å²) >= 11 is 24.2. The van der Waals surface area contributed by atoms with Gasteiger partial charge in [-0.3, -0.25) is 14.5 Å². The summed E-state index contributed by atoms with van der Waals surface area (Å²) < 4.78 is 11.3. The summed E-state index contributed by atoms with van der Waals surface area (Å²) in [6.45, 7) is 4.99. The average molecular weight is 554 g/mol. The second-order valence-corrected chi connectivity index (χ2v) is 10.8. The molecule has 34 heavy (non-hydrogen) atoms. The third kappa shape index (κ3) is 4.22. The van der Waals surface area contributed by atoms with E-state index in [-0.39, 0.29) is 49.4 Å². The molecule has 1 saturated heterocycles. The van der Waals surface area contributed by atoms with E-state index in [0.29, 0.717) is 0 Å². The summed E-state index contributed by atoms with van der Waals surface area (Å²) in [4.78, 5) is 58.1. The van der Waals surface area contributed by atoms with Crippen LogP contribution in [0.5, 0.6) is 0 Å². The van der Waals surface area contributed by atoms with Crippen LogP contribution in [-0.2, 0) is 19.1 Å². The van der Waals surface area contributed by atoms with Crippen LogP contribution in [0, 0.1) is 0 Å². The van der Waals surface area contributed by atoms with Gasteiger partial charge in [0.2, 0.25) is 0 Å². The highest BCUT2D eigenvalue weighted by Crippen LogP contribution is 2.45. The van der Waals surface area contributed by atoms with Gasteiger partial charge in [-0.25, -0.2) is 9.59 Å². The minimum Gasteiger partial charge on any atom is -0.444 e. The number of benzene rings is 1. The number of nitrogens with zero attached hydrogens (tertiary/aromatic N) is 2. The molecule has 1 saturated carbocycles. The SMILES string of the molecule is CC(C)(C)OC(=O)N1CC2(CCC2)OCC1C(=O)ON1C(=O)c2c(Cl)c(Cl)c(Cl)c(Cl)c2C1=O. The van der Waals surface area contributed by atoms with Gasteiger partial charge in [0, 0.05) is 0 Å². The van der Waals surface area contributed by atoms with Gasteiger partial charge in [-0.15, -0.1) is 0 Å². The Morgan fingerprint density at radius 2 is 1.50 bits per heavy atom. The van der Waals surface area contributed by atoms with Crippen molar-refractivity contribution in [1.82, 2.24) is 9.96 Å². The van der Waals surface area contributed by atoms with Gasteiger partial charge in [0.15, 0.2) is 6.04 Å². The van der Waals surface area contributed by atoms with E-state index in [2.05, 4.69) is 0 Å². The zero-order valence-electron chi connectivity index (χ0n) is 18.4. The molecule has 0 N–H and O–H groups in total. The molecule has 1 aromatic carbocycles. The molecule has 2 fully saturated rings. The molecular formula is C21H20Cl4N2O7. The topological polar surface area (TPSA) is 102 Å². The van der Waals surface area contributed by atoms with Crippen LogP contribution in [-0.4, -0.2) is 64.2 Å². The Labute approximate surface area is 215 Å². The number of hydrogen-bond donors (Lipinski definition) is 0. The van der Waals surface area contributed by atoms with Gasteiger partial charge >= 0.3 is 12.1 Å². The van der Waals surface area contributed by atoms with Crippen LogP contribution >= 0.6 is 46.4 Å². The molecule has 13 heteroatoms. The van der Waals surface area contributed by atoms with Crippen molar-refractivity contribution >= 4 is 70.3 Å². The Bertz CT molecular complexity index is 1070. The van der Waals surface area contributed by atoms with Gasteiger partial charge < -0.3 is 14.3 Å². The molecule has 2 heterocycles. The van der Waals surface area contributed by atoms with Crippen LogP contribution in [0.1, 0.15) is 60.7 Å². The van der Waals surface area contributed by atoms with Crippen LogP contribution in [0.15, 0.2) is 0 Å². The lowest BCUT2D eigenvalue weighted by Crippen LogP contribution is -2.64. The molecule has 1 unspecified atom stereocenters. The van der Waals surface area contributed by atoms with E-state index < -0.39 is 41.1 Å². The molecule has 1 atom stereocenters. The molecule has 0 aromatic heterocycles. The predicted octanol–water partition coefficient (Wildman–Crippen LogP) is 4.91. The maximum Gasteiger partial charge on any atom is 0.411 e. The van der Waals surface area contributed by atoms with Crippen molar-refractivity contribution in [3.05, 3.63) is 31.2 Å². The summed E-state index contributed by atoms with van der Waals surface area (Å²) in [6.07, 6.45) is 1.64. The summed E-state index contributed by atoms with van der Waals surface area (Å²) in [6, 6.07) is -1.26. The summed E-state index contributed by atoms with van der Waals surface area (Å²) in [7, 11) is 0. The minimum atomic E-state index is -1.26. The minimum absolute atomic E-state index is 0.104. The van der Waals surface area contributed by atoms with E-state index in [1.54, 1.807) is 20.8 Å². The molecule has 1 spiro atoms. The molecule has 1 aromatic rings. The van der Waals surface area contributed by atoms with E-state index in [4.69, 9.17) is 60.7 Å². The zero-order chi connectivity index (χ0) is 25.2. The van der Waals surface area contributed by atoms with Crippen molar-refractivity contribution in [3.63, 3.8) is 0 Å². The number of carbonyl (C=O) groups excluding carboxylic acids is 4. The summed E-state index contributed by atoms with van der Waals surface area (Å²) in [5.41, 5.74) is -2.05. The Kier molecular flexibility index (Phi) is 6.48. The monoisotopic (exact) mass is 552 g/mol. The summed E-state index contributed by atoms with van der Waals surface area (Å²) in [5, 5.41) is -0.816. The van der Waals surface area contributed by atoms with Crippen molar-refractivity contribution in [2.24, 2.45) is 0 Å². The van der Waals surface area contributed by atoms with Crippen molar-refractivity contribution < 1.29 is 33.5 Å². The number of halogens is 4. The van der Waals surface area contributed by atoms with Crippen LogP contribution in [0.25, 0.3) is 0 Å². The van der Waals surface area contributed by atoms with Crippen LogP contribution in [0.3, 0.4) is 0 Å².